The third kappa shape index (κ3) is 8.32. The molecule has 1 N–H and O–H groups in total. The highest BCUT2D eigenvalue weighted by molar-refractivity contribution is 7.99. The number of amides is 2. The molecule has 31 heavy (non-hydrogen) atoms. The first-order valence-electron chi connectivity index (χ1n) is 10.6. The zero-order valence-corrected chi connectivity index (χ0v) is 18.9. The molecule has 0 radical (unpaired) electrons. The first kappa shape index (κ1) is 24.9. The van der Waals surface area contributed by atoms with Crippen molar-refractivity contribution >= 4 is 23.6 Å². The van der Waals surface area contributed by atoms with Gasteiger partial charge in [-0.15, -0.1) is 11.8 Å². The monoisotopic (exact) mass is 448 g/mol. The molecule has 2 aromatic carbocycles. The topological polar surface area (TPSA) is 49.4 Å². The molecular formula is C24H30F2N2O2S. The molecule has 0 aliphatic heterocycles. The van der Waals surface area contributed by atoms with Gasteiger partial charge in [0.15, 0.2) is 0 Å². The predicted octanol–water partition coefficient (Wildman–Crippen LogP) is 4.92. The quantitative estimate of drug-likeness (QED) is 0.469. The first-order chi connectivity index (χ1) is 14.9. The average molecular weight is 449 g/mol. The van der Waals surface area contributed by atoms with Crippen molar-refractivity contribution in [2.45, 2.75) is 51.4 Å². The second-order valence-corrected chi connectivity index (χ2v) is 8.32. The van der Waals surface area contributed by atoms with E-state index in [1.54, 1.807) is 29.2 Å². The van der Waals surface area contributed by atoms with Crippen molar-refractivity contribution in [2.75, 3.05) is 12.3 Å². The van der Waals surface area contributed by atoms with Crippen LogP contribution in [-0.2, 0) is 21.9 Å². The molecule has 0 saturated carbocycles. The molecule has 4 nitrogen and oxygen atoms in total. The maximum absolute atomic E-state index is 13.3. The summed E-state index contributed by atoms with van der Waals surface area (Å²) in [6, 6.07) is 11.5. The Morgan fingerprint density at radius 3 is 2.10 bits per heavy atom. The van der Waals surface area contributed by atoms with Crippen molar-refractivity contribution in [3.8, 4) is 0 Å². The Bertz CT molecular complexity index is 828. The van der Waals surface area contributed by atoms with Crippen LogP contribution in [0.2, 0.25) is 0 Å². The summed E-state index contributed by atoms with van der Waals surface area (Å²) in [6.45, 7) is 4.73. The highest BCUT2D eigenvalue weighted by Crippen LogP contribution is 2.18. The molecule has 0 aromatic heterocycles. The molecule has 0 aliphatic rings. The molecule has 0 fully saturated rings. The van der Waals surface area contributed by atoms with Gasteiger partial charge in [-0.25, -0.2) is 8.78 Å². The molecule has 0 saturated heterocycles. The number of carbonyl (C=O) groups excluding carboxylic acids is 2. The lowest BCUT2D eigenvalue weighted by Crippen LogP contribution is -2.49. The van der Waals surface area contributed by atoms with Gasteiger partial charge in [0.05, 0.1) is 5.75 Å². The lowest BCUT2D eigenvalue weighted by Gasteiger charge is -2.30. The fraction of sp³-hybridized carbons (Fsp3) is 0.417. The van der Waals surface area contributed by atoms with Gasteiger partial charge in [-0.2, -0.15) is 0 Å². The van der Waals surface area contributed by atoms with E-state index in [1.807, 2.05) is 13.8 Å². The lowest BCUT2D eigenvalue weighted by atomic mass is 10.1. The molecule has 2 rings (SSSR count). The van der Waals surface area contributed by atoms with Crippen molar-refractivity contribution in [3.63, 3.8) is 0 Å². The SMILES string of the molecule is CCCCNC(=O)C(CC)N(Cc1ccc(F)cc1)C(=O)CSCc1ccc(F)cc1. The predicted molar refractivity (Wildman–Crippen MR) is 122 cm³/mol. The van der Waals surface area contributed by atoms with E-state index in [0.29, 0.717) is 18.7 Å². The van der Waals surface area contributed by atoms with Crippen LogP contribution in [0.1, 0.15) is 44.2 Å². The number of hydrogen-bond acceptors (Lipinski definition) is 3. The van der Waals surface area contributed by atoms with Gasteiger partial charge < -0.3 is 10.2 Å². The summed E-state index contributed by atoms with van der Waals surface area (Å²) in [5, 5.41) is 2.92. The van der Waals surface area contributed by atoms with E-state index in [2.05, 4.69) is 5.32 Å². The summed E-state index contributed by atoms with van der Waals surface area (Å²) in [6.07, 6.45) is 2.32. The van der Waals surface area contributed by atoms with Crippen LogP contribution in [0.15, 0.2) is 48.5 Å². The first-order valence-corrected chi connectivity index (χ1v) is 11.7. The fourth-order valence-electron chi connectivity index (χ4n) is 3.13. The summed E-state index contributed by atoms with van der Waals surface area (Å²) in [5.41, 5.74) is 1.69. The lowest BCUT2D eigenvalue weighted by molar-refractivity contribution is -0.139. The van der Waals surface area contributed by atoms with E-state index in [4.69, 9.17) is 0 Å². The molecule has 2 amide bonds. The number of carbonyl (C=O) groups is 2. The van der Waals surface area contributed by atoms with Crippen LogP contribution >= 0.6 is 11.8 Å². The Morgan fingerprint density at radius 1 is 0.968 bits per heavy atom. The van der Waals surface area contributed by atoms with Crippen molar-refractivity contribution in [1.29, 1.82) is 0 Å². The fourth-order valence-corrected chi connectivity index (χ4v) is 4.00. The highest BCUT2D eigenvalue weighted by Gasteiger charge is 2.28. The third-order valence-corrected chi connectivity index (χ3v) is 5.88. The van der Waals surface area contributed by atoms with E-state index >= 15 is 0 Å². The zero-order chi connectivity index (χ0) is 22.6. The standard InChI is InChI=1S/C24H30F2N2O2S/c1-3-5-14-27-24(30)22(4-2)28(15-18-6-10-20(25)11-7-18)23(29)17-31-16-19-8-12-21(26)13-9-19/h6-13,22H,3-5,14-17H2,1-2H3,(H,27,30). The second kappa shape index (κ2) is 13.1. The van der Waals surface area contributed by atoms with Crippen LogP contribution in [-0.4, -0.2) is 35.1 Å². The molecule has 2 aromatic rings. The van der Waals surface area contributed by atoms with Gasteiger partial charge in [0, 0.05) is 18.8 Å². The number of unbranched alkanes of at least 4 members (excludes halogenated alkanes) is 1. The summed E-state index contributed by atoms with van der Waals surface area (Å²) in [5.74, 6) is -0.215. The van der Waals surface area contributed by atoms with Gasteiger partial charge in [-0.1, -0.05) is 44.5 Å². The number of nitrogens with zero attached hydrogens (tertiary/aromatic N) is 1. The highest BCUT2D eigenvalue weighted by atomic mass is 32.2. The minimum atomic E-state index is -0.596. The summed E-state index contributed by atoms with van der Waals surface area (Å²) >= 11 is 1.42. The van der Waals surface area contributed by atoms with E-state index in [9.17, 15) is 18.4 Å². The molecule has 0 spiro atoms. The summed E-state index contributed by atoms with van der Waals surface area (Å²) in [4.78, 5) is 27.4. The Balaban J connectivity index is 2.08. The van der Waals surface area contributed by atoms with Crippen LogP contribution in [0.4, 0.5) is 8.78 Å². The molecule has 0 aliphatic carbocycles. The molecule has 1 unspecified atom stereocenters. The number of halogens is 2. The Morgan fingerprint density at radius 2 is 1.55 bits per heavy atom. The van der Waals surface area contributed by atoms with Gasteiger partial charge in [0.2, 0.25) is 11.8 Å². The van der Waals surface area contributed by atoms with Crippen molar-refractivity contribution in [1.82, 2.24) is 10.2 Å². The molecule has 168 valence electrons. The minimum absolute atomic E-state index is 0.158. The average Bonchev–Trinajstić information content (AvgIpc) is 2.76. The van der Waals surface area contributed by atoms with Gasteiger partial charge in [0.25, 0.3) is 0 Å². The molecular weight excluding hydrogens is 418 g/mol. The van der Waals surface area contributed by atoms with E-state index < -0.39 is 6.04 Å². The molecule has 7 heteroatoms. The Labute approximate surface area is 187 Å². The van der Waals surface area contributed by atoms with Gasteiger partial charge in [-0.05, 0) is 48.2 Å². The molecule has 1 atom stereocenters. The minimum Gasteiger partial charge on any atom is -0.354 e. The number of thioether (sulfide) groups is 1. The maximum Gasteiger partial charge on any atom is 0.242 e. The van der Waals surface area contributed by atoms with Crippen molar-refractivity contribution in [3.05, 3.63) is 71.3 Å². The van der Waals surface area contributed by atoms with Crippen molar-refractivity contribution in [2.24, 2.45) is 0 Å². The van der Waals surface area contributed by atoms with Gasteiger partial charge >= 0.3 is 0 Å². The number of benzene rings is 2. The van der Waals surface area contributed by atoms with Crippen LogP contribution in [0.3, 0.4) is 0 Å². The number of nitrogens with one attached hydrogen (secondary N) is 1. The van der Waals surface area contributed by atoms with Crippen molar-refractivity contribution < 1.29 is 18.4 Å². The van der Waals surface area contributed by atoms with Crippen LogP contribution in [0.25, 0.3) is 0 Å². The normalized spacial score (nSPS) is 11.7. The van der Waals surface area contributed by atoms with Gasteiger partial charge in [0.1, 0.15) is 17.7 Å². The van der Waals surface area contributed by atoms with E-state index in [1.165, 1.54) is 36.0 Å². The second-order valence-electron chi connectivity index (χ2n) is 7.34. The molecule has 0 heterocycles. The number of rotatable bonds is 12. The van der Waals surface area contributed by atoms with Crippen LogP contribution in [0, 0.1) is 11.6 Å². The summed E-state index contributed by atoms with van der Waals surface area (Å²) in [7, 11) is 0. The number of hydrogen-bond donors (Lipinski definition) is 1. The summed E-state index contributed by atoms with van der Waals surface area (Å²) < 4.78 is 26.4. The zero-order valence-electron chi connectivity index (χ0n) is 18.1. The smallest absolute Gasteiger partial charge is 0.242 e. The largest absolute Gasteiger partial charge is 0.354 e. The van der Waals surface area contributed by atoms with Gasteiger partial charge in [-0.3, -0.25) is 9.59 Å². The molecule has 0 bridgehead atoms. The van der Waals surface area contributed by atoms with E-state index in [0.717, 1.165) is 24.0 Å². The van der Waals surface area contributed by atoms with Crippen LogP contribution in [0.5, 0.6) is 0 Å². The third-order valence-electron chi connectivity index (χ3n) is 4.89. The Hall–Kier alpha value is -2.41. The maximum atomic E-state index is 13.3. The van der Waals surface area contributed by atoms with E-state index in [-0.39, 0.29) is 35.7 Å². The van der Waals surface area contributed by atoms with Crippen LogP contribution < -0.4 is 5.32 Å². The Kier molecular flexibility index (Phi) is 10.5.